The highest BCUT2D eigenvalue weighted by Gasteiger charge is 2.59. The minimum atomic E-state index is 0.526. The van der Waals surface area contributed by atoms with E-state index in [1.54, 1.807) is 0 Å². The zero-order valence-corrected chi connectivity index (χ0v) is 8.61. The van der Waals surface area contributed by atoms with E-state index in [1.807, 2.05) is 0 Å². The first kappa shape index (κ1) is 7.90. The Bertz CT molecular complexity index is 288. The predicted octanol–water partition coefficient (Wildman–Crippen LogP) is 2.65. The summed E-state index contributed by atoms with van der Waals surface area (Å²) in [6.07, 6.45) is 8.10. The van der Waals surface area contributed by atoms with Gasteiger partial charge < -0.3 is 0 Å². The van der Waals surface area contributed by atoms with E-state index in [4.69, 9.17) is 0 Å². The molecule has 0 aliphatic heterocycles. The van der Waals surface area contributed by atoms with E-state index in [-0.39, 0.29) is 0 Å². The molecular weight excluding hydrogens is 172 g/mol. The first-order chi connectivity index (χ1) is 6.84. The van der Waals surface area contributed by atoms with Gasteiger partial charge in [0.05, 0.1) is 0 Å². The van der Waals surface area contributed by atoms with Crippen LogP contribution < -0.4 is 0 Å². The fourth-order valence-corrected chi connectivity index (χ4v) is 5.46. The molecule has 0 aromatic heterocycles. The molecule has 0 heterocycles. The minimum Gasteiger partial charge on any atom is -0.299 e. The van der Waals surface area contributed by atoms with Crippen molar-refractivity contribution >= 4 is 5.78 Å². The van der Waals surface area contributed by atoms with Crippen molar-refractivity contribution in [2.45, 2.75) is 38.5 Å². The molecule has 0 N–H and O–H groups in total. The second kappa shape index (κ2) is 2.43. The van der Waals surface area contributed by atoms with Gasteiger partial charge in [-0.15, -0.1) is 0 Å². The number of hydrogen-bond donors (Lipinski definition) is 0. The van der Waals surface area contributed by atoms with Crippen molar-refractivity contribution in [1.29, 1.82) is 0 Å². The molecule has 0 saturated heterocycles. The summed E-state index contributed by atoms with van der Waals surface area (Å²) in [6, 6.07) is 0. The van der Waals surface area contributed by atoms with Crippen molar-refractivity contribution in [3.63, 3.8) is 0 Å². The van der Waals surface area contributed by atoms with Crippen LogP contribution in [0.4, 0.5) is 0 Å². The van der Waals surface area contributed by atoms with Gasteiger partial charge in [-0.2, -0.15) is 0 Å². The average Bonchev–Trinajstić information content (AvgIpc) is 2.78. The Labute approximate surface area is 85.3 Å². The molecule has 5 rings (SSSR count). The number of rotatable bonds is 0. The number of Topliss-reactive ketones (excluding diaryl/α,β-unsaturated/α-hetero) is 1. The highest BCUT2D eigenvalue weighted by Crippen LogP contribution is 2.63. The van der Waals surface area contributed by atoms with Crippen LogP contribution >= 0.6 is 0 Å². The van der Waals surface area contributed by atoms with Crippen molar-refractivity contribution in [2.24, 2.45) is 35.5 Å². The van der Waals surface area contributed by atoms with Crippen LogP contribution in [0.3, 0.4) is 0 Å². The number of carbonyl (C=O) groups excluding carboxylic acids is 1. The highest BCUT2D eigenvalue weighted by atomic mass is 16.1. The molecule has 14 heavy (non-hydrogen) atoms. The maximum atomic E-state index is 11.8. The second-order valence-corrected chi connectivity index (χ2v) is 6.10. The molecule has 0 unspecified atom stereocenters. The number of ketones is 1. The Balaban J connectivity index is 1.76. The lowest BCUT2D eigenvalue weighted by atomic mass is 9.54. The van der Waals surface area contributed by atoms with Crippen molar-refractivity contribution < 1.29 is 4.79 Å². The molecule has 1 nitrogen and oxygen atoms in total. The SMILES string of the molecule is O=C1C[C@H]2C[C@H]1[C@H]1C3CCC(CC3)[C@H]21. The Morgan fingerprint density at radius 3 is 2.21 bits per heavy atom. The lowest BCUT2D eigenvalue weighted by molar-refractivity contribution is -0.129. The fraction of sp³-hybridized carbons (Fsp3) is 0.923. The summed E-state index contributed by atoms with van der Waals surface area (Å²) < 4.78 is 0. The van der Waals surface area contributed by atoms with E-state index >= 15 is 0 Å². The summed E-state index contributed by atoms with van der Waals surface area (Å²) in [7, 11) is 0. The van der Waals surface area contributed by atoms with Crippen molar-refractivity contribution in [3.8, 4) is 0 Å². The molecule has 5 aliphatic rings. The lowest BCUT2D eigenvalue weighted by Gasteiger charge is -2.50. The first-order valence-electron chi connectivity index (χ1n) is 6.37. The average molecular weight is 190 g/mol. The molecule has 0 aromatic rings. The molecule has 5 aliphatic carbocycles. The van der Waals surface area contributed by atoms with Crippen LogP contribution in [0.25, 0.3) is 0 Å². The smallest absolute Gasteiger partial charge is 0.136 e. The molecule has 0 radical (unpaired) electrons. The van der Waals surface area contributed by atoms with Gasteiger partial charge in [-0.3, -0.25) is 4.79 Å². The summed E-state index contributed by atoms with van der Waals surface area (Å²) in [5, 5.41) is 0. The van der Waals surface area contributed by atoms with Crippen LogP contribution in [-0.2, 0) is 4.79 Å². The van der Waals surface area contributed by atoms with Crippen LogP contribution in [-0.4, -0.2) is 5.78 Å². The standard InChI is InChI=1S/C13H18O/c14-11-6-9-5-10(11)13-8-3-1-7(2-4-8)12(9)13/h7-10,12-13H,1-6H2/t7?,8?,9-,10-,12-,13-/m1/s1. The van der Waals surface area contributed by atoms with Gasteiger partial charge in [-0.25, -0.2) is 0 Å². The van der Waals surface area contributed by atoms with Crippen LogP contribution in [0.15, 0.2) is 0 Å². The van der Waals surface area contributed by atoms with Gasteiger partial charge in [-0.05, 0) is 61.7 Å². The van der Waals surface area contributed by atoms with Gasteiger partial charge in [0.15, 0.2) is 0 Å². The van der Waals surface area contributed by atoms with E-state index in [0.29, 0.717) is 11.7 Å². The Hall–Kier alpha value is -0.330. The Morgan fingerprint density at radius 2 is 1.50 bits per heavy atom. The van der Waals surface area contributed by atoms with Gasteiger partial charge in [0.1, 0.15) is 5.78 Å². The Kier molecular flexibility index (Phi) is 1.37. The van der Waals surface area contributed by atoms with Gasteiger partial charge in [-0.1, -0.05) is 0 Å². The molecule has 5 fully saturated rings. The van der Waals surface area contributed by atoms with Gasteiger partial charge >= 0.3 is 0 Å². The third-order valence-electron chi connectivity index (χ3n) is 5.79. The second-order valence-electron chi connectivity index (χ2n) is 6.10. The van der Waals surface area contributed by atoms with Crippen LogP contribution in [0, 0.1) is 35.5 Å². The Morgan fingerprint density at radius 1 is 0.857 bits per heavy atom. The molecule has 5 saturated carbocycles. The van der Waals surface area contributed by atoms with E-state index in [2.05, 4.69) is 0 Å². The van der Waals surface area contributed by atoms with Crippen LogP contribution in [0.2, 0.25) is 0 Å². The molecule has 76 valence electrons. The van der Waals surface area contributed by atoms with Gasteiger partial charge in [0.2, 0.25) is 0 Å². The van der Waals surface area contributed by atoms with Gasteiger partial charge in [0.25, 0.3) is 0 Å². The highest BCUT2D eigenvalue weighted by molar-refractivity contribution is 5.85. The zero-order valence-electron chi connectivity index (χ0n) is 8.61. The molecule has 0 spiro atoms. The lowest BCUT2D eigenvalue weighted by Crippen LogP contribution is -2.45. The number of carbonyl (C=O) groups is 1. The molecule has 4 bridgehead atoms. The molecule has 1 heteroatoms. The largest absolute Gasteiger partial charge is 0.299 e. The third-order valence-corrected chi connectivity index (χ3v) is 5.79. The molecule has 4 atom stereocenters. The molecular formula is C13H18O. The maximum absolute atomic E-state index is 11.8. The maximum Gasteiger partial charge on any atom is 0.136 e. The van der Waals surface area contributed by atoms with E-state index in [1.165, 1.54) is 32.1 Å². The topological polar surface area (TPSA) is 17.1 Å². The molecule has 0 aromatic carbocycles. The normalized spacial score (nSPS) is 59.3. The predicted molar refractivity (Wildman–Crippen MR) is 53.6 cm³/mol. The van der Waals surface area contributed by atoms with Crippen molar-refractivity contribution in [2.75, 3.05) is 0 Å². The fourth-order valence-electron chi connectivity index (χ4n) is 5.46. The third kappa shape index (κ3) is 0.765. The quantitative estimate of drug-likeness (QED) is 0.574. The number of hydrogen-bond acceptors (Lipinski definition) is 1. The monoisotopic (exact) mass is 190 g/mol. The van der Waals surface area contributed by atoms with E-state index < -0.39 is 0 Å². The van der Waals surface area contributed by atoms with Crippen molar-refractivity contribution in [1.82, 2.24) is 0 Å². The summed E-state index contributed by atoms with van der Waals surface area (Å²) >= 11 is 0. The van der Waals surface area contributed by atoms with Crippen LogP contribution in [0.5, 0.6) is 0 Å². The zero-order chi connectivity index (χ0) is 9.28. The number of fused-ring (bicyclic) bond motifs is 4. The molecule has 0 amide bonds. The summed E-state index contributed by atoms with van der Waals surface area (Å²) in [5.74, 6) is 5.80. The summed E-state index contributed by atoms with van der Waals surface area (Å²) in [5.41, 5.74) is 0. The van der Waals surface area contributed by atoms with E-state index in [0.717, 1.165) is 36.0 Å². The van der Waals surface area contributed by atoms with Crippen LogP contribution in [0.1, 0.15) is 38.5 Å². The van der Waals surface area contributed by atoms with Gasteiger partial charge in [0, 0.05) is 12.3 Å². The summed E-state index contributed by atoms with van der Waals surface area (Å²) in [6.45, 7) is 0. The van der Waals surface area contributed by atoms with Crippen molar-refractivity contribution in [3.05, 3.63) is 0 Å². The summed E-state index contributed by atoms with van der Waals surface area (Å²) in [4.78, 5) is 11.8. The first-order valence-corrected chi connectivity index (χ1v) is 6.37. The van der Waals surface area contributed by atoms with E-state index in [9.17, 15) is 4.79 Å². The minimum absolute atomic E-state index is 0.526.